The largest absolute Gasteiger partial charge is 1.00 e. The zero-order valence-electron chi connectivity index (χ0n) is 7.29. The van der Waals surface area contributed by atoms with Crippen molar-refractivity contribution in [2.24, 2.45) is 5.41 Å². The minimum atomic E-state index is -3.72. The van der Waals surface area contributed by atoms with Crippen molar-refractivity contribution in [3.63, 3.8) is 0 Å². The molecule has 0 aromatic carbocycles. The van der Waals surface area contributed by atoms with Crippen LogP contribution < -0.4 is 29.6 Å². The summed E-state index contributed by atoms with van der Waals surface area (Å²) in [6.07, 6.45) is 0. The molecule has 0 spiro atoms. The fourth-order valence-electron chi connectivity index (χ4n) is 0.557. The van der Waals surface area contributed by atoms with Crippen molar-refractivity contribution >= 4 is 10.1 Å². The molecule has 0 unspecified atom stereocenters. The van der Waals surface area contributed by atoms with Gasteiger partial charge in [0, 0.05) is 0 Å². The summed E-state index contributed by atoms with van der Waals surface area (Å²) in [6, 6.07) is 0. The SMILES string of the molecule is CC(C)(C)CS(=O)(=O)OO.[Na+]. The predicted molar refractivity (Wildman–Crippen MR) is 37.0 cm³/mol. The molecule has 0 radical (unpaired) electrons. The molecule has 0 saturated heterocycles. The molecule has 0 aliphatic carbocycles. The van der Waals surface area contributed by atoms with E-state index in [-0.39, 0.29) is 40.7 Å². The van der Waals surface area contributed by atoms with Gasteiger partial charge in [-0.1, -0.05) is 20.8 Å². The second kappa shape index (κ2) is 4.79. The molecule has 62 valence electrons. The third kappa shape index (κ3) is 8.78. The maximum Gasteiger partial charge on any atom is 1.00 e. The van der Waals surface area contributed by atoms with Crippen LogP contribution >= 0.6 is 0 Å². The second-order valence-electron chi connectivity index (χ2n) is 3.34. The Morgan fingerprint density at radius 3 is 1.82 bits per heavy atom. The standard InChI is InChI=1S/C5H12O4S.Na/c1-5(2,3)4-10(7,8)9-6;/h6H,4H2,1-3H3;/q;+1. The molecule has 1 N–H and O–H groups in total. The van der Waals surface area contributed by atoms with Crippen molar-refractivity contribution in [3.05, 3.63) is 0 Å². The molecule has 0 atom stereocenters. The Labute approximate surface area is 89.3 Å². The predicted octanol–water partition coefficient (Wildman–Crippen LogP) is -2.14. The van der Waals surface area contributed by atoms with Gasteiger partial charge in [0.1, 0.15) is 0 Å². The van der Waals surface area contributed by atoms with Gasteiger partial charge < -0.3 is 0 Å². The minimum absolute atomic E-state index is 0. The molecule has 0 saturated carbocycles. The van der Waals surface area contributed by atoms with Crippen molar-refractivity contribution < 1.29 is 47.6 Å². The monoisotopic (exact) mass is 191 g/mol. The fraction of sp³-hybridized carbons (Fsp3) is 1.00. The summed E-state index contributed by atoms with van der Waals surface area (Å²) >= 11 is 0. The molecule has 0 aliphatic heterocycles. The molecule has 0 bridgehead atoms. The van der Waals surface area contributed by atoms with E-state index in [1.54, 1.807) is 20.8 Å². The molecule has 0 fully saturated rings. The van der Waals surface area contributed by atoms with Crippen molar-refractivity contribution in [2.45, 2.75) is 20.8 Å². The van der Waals surface area contributed by atoms with Gasteiger partial charge in [0.25, 0.3) is 10.1 Å². The third-order valence-electron chi connectivity index (χ3n) is 0.723. The Kier molecular flexibility index (Phi) is 6.27. The maximum absolute atomic E-state index is 10.5. The van der Waals surface area contributed by atoms with Crippen molar-refractivity contribution in [2.75, 3.05) is 5.75 Å². The van der Waals surface area contributed by atoms with E-state index >= 15 is 0 Å². The zero-order chi connectivity index (χ0) is 8.41. The summed E-state index contributed by atoms with van der Waals surface area (Å²) in [7, 11) is -3.72. The van der Waals surface area contributed by atoms with Crippen LogP contribution in [0.3, 0.4) is 0 Å². The maximum atomic E-state index is 10.5. The van der Waals surface area contributed by atoms with E-state index in [1.807, 2.05) is 0 Å². The van der Waals surface area contributed by atoms with Crippen LogP contribution in [0.2, 0.25) is 0 Å². The molecular formula is C5H12NaO4S+. The van der Waals surface area contributed by atoms with Crippen LogP contribution in [-0.2, 0) is 14.5 Å². The van der Waals surface area contributed by atoms with Crippen molar-refractivity contribution in [1.82, 2.24) is 0 Å². The van der Waals surface area contributed by atoms with Crippen LogP contribution in [0.1, 0.15) is 20.8 Å². The van der Waals surface area contributed by atoms with E-state index < -0.39 is 10.1 Å². The van der Waals surface area contributed by atoms with Gasteiger partial charge >= 0.3 is 29.6 Å². The molecule has 0 aromatic rings. The Hall–Kier alpha value is 0.870. The first-order valence-electron chi connectivity index (χ1n) is 2.82. The van der Waals surface area contributed by atoms with Crippen molar-refractivity contribution in [1.29, 1.82) is 0 Å². The van der Waals surface area contributed by atoms with E-state index in [2.05, 4.69) is 4.33 Å². The summed E-state index contributed by atoms with van der Waals surface area (Å²) < 4.78 is 24.4. The van der Waals surface area contributed by atoms with Crippen LogP contribution in [0, 0.1) is 5.41 Å². The Bertz CT molecular complexity index is 191. The molecular weight excluding hydrogens is 179 g/mol. The summed E-state index contributed by atoms with van der Waals surface area (Å²) in [5.41, 5.74) is -0.387. The first kappa shape index (κ1) is 14.4. The molecule has 0 aliphatic rings. The van der Waals surface area contributed by atoms with Gasteiger partial charge in [-0.05, 0) is 5.41 Å². The molecule has 11 heavy (non-hydrogen) atoms. The fourth-order valence-corrected chi connectivity index (χ4v) is 1.67. The van der Waals surface area contributed by atoms with Gasteiger partial charge in [0.2, 0.25) is 0 Å². The molecule has 0 rings (SSSR count). The summed E-state index contributed by atoms with van der Waals surface area (Å²) in [6.45, 7) is 5.22. The Balaban J connectivity index is 0. The normalized spacial score (nSPS) is 12.4. The quantitative estimate of drug-likeness (QED) is 0.307. The van der Waals surface area contributed by atoms with E-state index in [9.17, 15) is 8.42 Å². The number of hydrogen-bond acceptors (Lipinski definition) is 4. The average molecular weight is 191 g/mol. The van der Waals surface area contributed by atoms with Crippen LogP contribution in [-0.4, -0.2) is 19.4 Å². The summed E-state index contributed by atoms with van der Waals surface area (Å²) in [5.74, 6) is -0.184. The van der Waals surface area contributed by atoms with Crippen LogP contribution in [0.15, 0.2) is 0 Å². The van der Waals surface area contributed by atoms with Crippen LogP contribution in [0.25, 0.3) is 0 Å². The molecule has 0 amide bonds. The van der Waals surface area contributed by atoms with Gasteiger partial charge in [-0.3, -0.25) is 0 Å². The van der Waals surface area contributed by atoms with E-state index in [4.69, 9.17) is 5.26 Å². The zero-order valence-corrected chi connectivity index (χ0v) is 10.1. The third-order valence-corrected chi connectivity index (χ3v) is 2.17. The second-order valence-corrected chi connectivity index (χ2v) is 4.89. The smallest absolute Gasteiger partial charge is 0.235 e. The molecule has 0 aromatic heterocycles. The van der Waals surface area contributed by atoms with Crippen molar-refractivity contribution in [3.8, 4) is 0 Å². The van der Waals surface area contributed by atoms with Gasteiger partial charge in [-0.25, -0.2) is 5.26 Å². The van der Waals surface area contributed by atoms with Gasteiger partial charge in [0.15, 0.2) is 0 Å². The molecule has 4 nitrogen and oxygen atoms in total. The topological polar surface area (TPSA) is 63.6 Å². The van der Waals surface area contributed by atoms with E-state index in [0.717, 1.165) is 0 Å². The average Bonchev–Trinajstić information content (AvgIpc) is 1.60. The molecule has 0 heterocycles. The van der Waals surface area contributed by atoms with Gasteiger partial charge in [-0.2, -0.15) is 8.42 Å². The number of hydrogen-bond donors (Lipinski definition) is 1. The van der Waals surface area contributed by atoms with Crippen LogP contribution in [0.5, 0.6) is 0 Å². The Morgan fingerprint density at radius 1 is 1.36 bits per heavy atom. The molecule has 6 heteroatoms. The minimum Gasteiger partial charge on any atom is -0.235 e. The first-order valence-corrected chi connectivity index (χ1v) is 4.40. The van der Waals surface area contributed by atoms with Gasteiger partial charge in [0.05, 0.1) is 5.75 Å². The van der Waals surface area contributed by atoms with Gasteiger partial charge in [-0.15, -0.1) is 4.33 Å². The van der Waals surface area contributed by atoms with E-state index in [0.29, 0.717) is 0 Å². The summed E-state index contributed by atoms with van der Waals surface area (Å²) in [4.78, 5) is 0. The Morgan fingerprint density at radius 2 is 1.73 bits per heavy atom. The van der Waals surface area contributed by atoms with E-state index in [1.165, 1.54) is 0 Å². The summed E-state index contributed by atoms with van der Waals surface area (Å²) in [5, 5.41) is 7.87. The van der Waals surface area contributed by atoms with Crippen LogP contribution in [0.4, 0.5) is 0 Å². The first-order chi connectivity index (χ1) is 4.27. The number of rotatable bonds is 2.